The topological polar surface area (TPSA) is 64.8 Å². The highest BCUT2D eigenvalue weighted by Gasteiger charge is 2.18. The molecular weight excluding hydrogens is 268 g/mol. The highest BCUT2D eigenvalue weighted by molar-refractivity contribution is 5.91. The molecule has 112 valence electrons. The van der Waals surface area contributed by atoms with E-state index in [-0.39, 0.29) is 11.9 Å². The lowest BCUT2D eigenvalue weighted by Crippen LogP contribution is -2.42. The average molecular weight is 288 g/mol. The van der Waals surface area contributed by atoms with Crippen LogP contribution >= 0.6 is 0 Å². The first-order valence-electron chi connectivity index (χ1n) is 7.34. The molecule has 1 aromatic rings. The Labute approximate surface area is 124 Å². The van der Waals surface area contributed by atoms with Crippen molar-refractivity contribution in [2.24, 2.45) is 5.73 Å². The zero-order valence-electron chi connectivity index (χ0n) is 12.0. The smallest absolute Gasteiger partial charge is 0.246 e. The number of carbonyl (C=O) groups excluding carboxylic acids is 1. The van der Waals surface area contributed by atoms with E-state index in [0.29, 0.717) is 13.2 Å². The molecule has 0 aliphatic carbocycles. The third-order valence-electron chi connectivity index (χ3n) is 3.84. The Morgan fingerprint density at radius 2 is 1.90 bits per heavy atom. The number of hydrogen-bond donors (Lipinski definition) is 1. The summed E-state index contributed by atoms with van der Waals surface area (Å²) in [7, 11) is 0. The Morgan fingerprint density at radius 3 is 2.67 bits per heavy atom. The molecule has 2 aliphatic heterocycles. The minimum atomic E-state index is 0.0387. The molecule has 1 saturated heterocycles. The molecule has 0 radical (unpaired) electrons. The van der Waals surface area contributed by atoms with Gasteiger partial charge < -0.3 is 20.1 Å². The third-order valence-corrected chi connectivity index (χ3v) is 3.84. The first kappa shape index (κ1) is 13.9. The Bertz CT molecular complexity index is 548. The summed E-state index contributed by atoms with van der Waals surface area (Å²) in [6.07, 6.45) is 5.19. The van der Waals surface area contributed by atoms with Gasteiger partial charge in [-0.05, 0) is 36.6 Å². The van der Waals surface area contributed by atoms with E-state index < -0.39 is 0 Å². The average Bonchev–Trinajstić information content (AvgIpc) is 2.53. The van der Waals surface area contributed by atoms with Crippen molar-refractivity contribution in [3.8, 4) is 11.5 Å². The van der Waals surface area contributed by atoms with E-state index in [1.165, 1.54) is 0 Å². The summed E-state index contributed by atoms with van der Waals surface area (Å²) in [6.45, 7) is 2.63. The van der Waals surface area contributed by atoms with E-state index in [1.54, 1.807) is 6.08 Å². The van der Waals surface area contributed by atoms with Crippen LogP contribution in [0.1, 0.15) is 18.4 Å². The summed E-state index contributed by atoms with van der Waals surface area (Å²) in [5, 5.41) is 0. The van der Waals surface area contributed by atoms with E-state index in [2.05, 4.69) is 0 Å². The number of ether oxygens (including phenoxy) is 2. The number of piperidine rings is 1. The van der Waals surface area contributed by atoms with Gasteiger partial charge in [0.25, 0.3) is 0 Å². The summed E-state index contributed by atoms with van der Waals surface area (Å²) in [5.74, 6) is 1.53. The largest absolute Gasteiger partial charge is 0.486 e. The van der Waals surface area contributed by atoms with Gasteiger partial charge in [0.1, 0.15) is 13.2 Å². The zero-order chi connectivity index (χ0) is 14.7. The van der Waals surface area contributed by atoms with Crippen LogP contribution in [0.2, 0.25) is 0 Å². The van der Waals surface area contributed by atoms with Crippen LogP contribution in [0.25, 0.3) is 6.08 Å². The van der Waals surface area contributed by atoms with Gasteiger partial charge >= 0.3 is 0 Å². The molecule has 3 rings (SSSR count). The maximum atomic E-state index is 12.1. The Hall–Kier alpha value is -2.01. The van der Waals surface area contributed by atoms with Crippen LogP contribution in [0, 0.1) is 0 Å². The monoisotopic (exact) mass is 288 g/mol. The minimum absolute atomic E-state index is 0.0387. The fourth-order valence-corrected chi connectivity index (χ4v) is 2.56. The van der Waals surface area contributed by atoms with Crippen LogP contribution in [-0.4, -0.2) is 43.2 Å². The quantitative estimate of drug-likeness (QED) is 0.836. The normalized spacial score (nSPS) is 19.0. The second kappa shape index (κ2) is 6.18. The molecule has 5 heteroatoms. The van der Waals surface area contributed by atoms with Gasteiger partial charge in [0.05, 0.1) is 0 Å². The second-order valence-corrected chi connectivity index (χ2v) is 5.40. The summed E-state index contributed by atoms with van der Waals surface area (Å²) in [5.41, 5.74) is 6.78. The van der Waals surface area contributed by atoms with Crippen molar-refractivity contribution in [1.29, 1.82) is 0 Å². The van der Waals surface area contributed by atoms with E-state index in [9.17, 15) is 4.79 Å². The van der Waals surface area contributed by atoms with Crippen LogP contribution in [0.4, 0.5) is 0 Å². The van der Waals surface area contributed by atoms with Gasteiger partial charge in [-0.3, -0.25) is 4.79 Å². The minimum Gasteiger partial charge on any atom is -0.486 e. The highest BCUT2D eigenvalue weighted by Crippen LogP contribution is 2.31. The number of fused-ring (bicyclic) bond motifs is 1. The number of hydrogen-bond acceptors (Lipinski definition) is 4. The van der Waals surface area contributed by atoms with Gasteiger partial charge in [-0.25, -0.2) is 0 Å². The van der Waals surface area contributed by atoms with Gasteiger partial charge in [-0.2, -0.15) is 0 Å². The van der Waals surface area contributed by atoms with E-state index in [1.807, 2.05) is 29.2 Å². The zero-order valence-corrected chi connectivity index (χ0v) is 12.0. The number of rotatable bonds is 2. The molecule has 1 fully saturated rings. The number of nitrogens with two attached hydrogens (primary N) is 1. The standard InChI is InChI=1S/C16H20N2O3/c17-13-5-7-18(8-6-13)16(19)4-2-12-1-3-14-15(11-12)21-10-9-20-14/h1-4,11,13H,5-10,17H2/b4-2-. The van der Waals surface area contributed by atoms with Crippen LogP contribution in [0.5, 0.6) is 11.5 Å². The molecule has 0 aromatic heterocycles. The van der Waals surface area contributed by atoms with Gasteiger partial charge in [-0.15, -0.1) is 0 Å². The SMILES string of the molecule is NC1CCN(C(=O)/C=C\c2ccc3c(c2)OCCO3)CC1. The molecular formula is C16H20N2O3. The molecule has 21 heavy (non-hydrogen) atoms. The lowest BCUT2D eigenvalue weighted by atomic mass is 10.1. The van der Waals surface area contributed by atoms with Crippen molar-refractivity contribution in [3.63, 3.8) is 0 Å². The molecule has 1 aromatic carbocycles. The fraction of sp³-hybridized carbons (Fsp3) is 0.438. The van der Waals surface area contributed by atoms with E-state index in [0.717, 1.165) is 43.0 Å². The third kappa shape index (κ3) is 3.36. The molecule has 0 atom stereocenters. The van der Waals surface area contributed by atoms with Crippen molar-refractivity contribution in [1.82, 2.24) is 4.90 Å². The number of benzene rings is 1. The molecule has 2 aliphatic rings. The lowest BCUT2D eigenvalue weighted by molar-refractivity contribution is -0.126. The van der Waals surface area contributed by atoms with Gasteiger partial charge in [0.2, 0.25) is 5.91 Å². The van der Waals surface area contributed by atoms with Crippen molar-refractivity contribution < 1.29 is 14.3 Å². The number of carbonyl (C=O) groups is 1. The molecule has 0 saturated carbocycles. The first-order chi connectivity index (χ1) is 10.2. The molecule has 0 unspecified atom stereocenters. The van der Waals surface area contributed by atoms with Gasteiger partial charge in [0.15, 0.2) is 11.5 Å². The number of nitrogens with zero attached hydrogens (tertiary/aromatic N) is 1. The van der Waals surface area contributed by atoms with Crippen molar-refractivity contribution in [3.05, 3.63) is 29.8 Å². The first-order valence-corrected chi connectivity index (χ1v) is 7.34. The van der Waals surface area contributed by atoms with Gasteiger partial charge in [-0.1, -0.05) is 6.07 Å². The molecule has 2 heterocycles. The second-order valence-electron chi connectivity index (χ2n) is 5.40. The summed E-state index contributed by atoms with van der Waals surface area (Å²) < 4.78 is 11.0. The van der Waals surface area contributed by atoms with Gasteiger partial charge in [0, 0.05) is 25.2 Å². The van der Waals surface area contributed by atoms with Crippen LogP contribution in [-0.2, 0) is 4.79 Å². The molecule has 2 N–H and O–H groups in total. The predicted molar refractivity (Wildman–Crippen MR) is 80.3 cm³/mol. The maximum absolute atomic E-state index is 12.1. The Morgan fingerprint density at radius 1 is 1.19 bits per heavy atom. The van der Waals surface area contributed by atoms with Crippen molar-refractivity contribution in [2.45, 2.75) is 18.9 Å². The molecule has 1 amide bonds. The van der Waals surface area contributed by atoms with Crippen LogP contribution in [0.3, 0.4) is 0 Å². The molecule has 0 bridgehead atoms. The van der Waals surface area contributed by atoms with Crippen molar-refractivity contribution in [2.75, 3.05) is 26.3 Å². The van der Waals surface area contributed by atoms with E-state index in [4.69, 9.17) is 15.2 Å². The highest BCUT2D eigenvalue weighted by atomic mass is 16.6. The summed E-state index contributed by atoms with van der Waals surface area (Å²) >= 11 is 0. The van der Waals surface area contributed by atoms with Crippen LogP contribution < -0.4 is 15.2 Å². The van der Waals surface area contributed by atoms with Crippen molar-refractivity contribution >= 4 is 12.0 Å². The Balaban J connectivity index is 1.64. The predicted octanol–water partition coefficient (Wildman–Crippen LogP) is 1.42. The number of amides is 1. The van der Waals surface area contributed by atoms with Crippen LogP contribution in [0.15, 0.2) is 24.3 Å². The number of likely N-dealkylation sites (tertiary alicyclic amines) is 1. The van der Waals surface area contributed by atoms with E-state index >= 15 is 0 Å². The fourth-order valence-electron chi connectivity index (χ4n) is 2.56. The molecule has 5 nitrogen and oxygen atoms in total. The summed E-state index contributed by atoms with van der Waals surface area (Å²) in [4.78, 5) is 14.0. The molecule has 0 spiro atoms. The maximum Gasteiger partial charge on any atom is 0.246 e. The summed E-state index contributed by atoms with van der Waals surface area (Å²) in [6, 6.07) is 5.92. The lowest BCUT2D eigenvalue weighted by Gasteiger charge is -2.29. The Kier molecular flexibility index (Phi) is 4.10.